The zero-order valence-electron chi connectivity index (χ0n) is 17.6. The Morgan fingerprint density at radius 1 is 1.06 bits per heavy atom. The van der Waals surface area contributed by atoms with Crippen LogP contribution in [0.3, 0.4) is 0 Å². The number of nitro groups is 1. The highest BCUT2D eigenvalue weighted by molar-refractivity contribution is 5.68. The summed E-state index contributed by atoms with van der Waals surface area (Å²) >= 11 is 0. The summed E-state index contributed by atoms with van der Waals surface area (Å²) in [5, 5.41) is 11.6. The monoisotopic (exact) mass is 430 g/mol. The average Bonchev–Trinajstić information content (AvgIpc) is 3.25. The van der Waals surface area contributed by atoms with Gasteiger partial charge in [0.1, 0.15) is 5.75 Å². The van der Waals surface area contributed by atoms with Crippen LogP contribution in [0.5, 0.6) is 17.2 Å². The molecule has 1 heterocycles. The van der Waals surface area contributed by atoms with Crippen LogP contribution in [0.25, 0.3) is 0 Å². The van der Waals surface area contributed by atoms with Gasteiger partial charge in [-0.3, -0.25) is 10.1 Å². The van der Waals surface area contributed by atoms with Gasteiger partial charge in [-0.05, 0) is 29.8 Å². The number of rotatable bonds is 9. The predicted octanol–water partition coefficient (Wildman–Crippen LogP) is 3.35. The van der Waals surface area contributed by atoms with E-state index in [4.69, 9.17) is 18.9 Å². The molecule has 0 saturated carbocycles. The number of para-hydroxylation sites is 1. The normalized spacial score (nSPS) is 17.8. The van der Waals surface area contributed by atoms with E-state index >= 15 is 0 Å². The van der Waals surface area contributed by atoms with E-state index < -0.39 is 18.1 Å². The summed E-state index contributed by atoms with van der Waals surface area (Å²) in [6.07, 6.45) is 0.0806. The Balaban J connectivity index is 1.65. The minimum Gasteiger partial charge on any atom is -0.493 e. The molecule has 2 unspecified atom stereocenters. The maximum absolute atomic E-state index is 11.9. The number of carbonyl (C=O) groups is 1. The molecule has 2 aromatic carbocycles. The summed E-state index contributed by atoms with van der Waals surface area (Å²) in [7, 11) is 2.80. The molecule has 2 aromatic rings. The Morgan fingerprint density at radius 2 is 1.81 bits per heavy atom. The molecule has 1 aliphatic rings. The van der Waals surface area contributed by atoms with Gasteiger partial charge in [0, 0.05) is 17.9 Å². The van der Waals surface area contributed by atoms with Crippen LogP contribution in [0, 0.1) is 10.1 Å². The fourth-order valence-corrected chi connectivity index (χ4v) is 3.59. The highest BCUT2D eigenvalue weighted by atomic mass is 16.6. The second kappa shape index (κ2) is 10.5. The minimum atomic E-state index is -0.917. The standard InChI is InChI=1S/C22H26N2O7/c1-28-20-10-9-16(18-14-23(22(25)29-2)15-19(18)24(26)27)13-21(20)31-12-6-11-30-17-7-4-3-5-8-17/h3-5,7-10,13,18-19H,6,11-12,14-15H2,1-2H3. The highest BCUT2D eigenvalue weighted by Gasteiger charge is 2.44. The third-order valence-corrected chi connectivity index (χ3v) is 5.17. The minimum absolute atomic E-state index is 0.00336. The van der Waals surface area contributed by atoms with Crippen molar-refractivity contribution in [3.63, 3.8) is 0 Å². The van der Waals surface area contributed by atoms with Gasteiger partial charge in [0.05, 0.1) is 39.9 Å². The molecule has 1 aliphatic heterocycles. The van der Waals surface area contributed by atoms with Crippen LogP contribution in [0.4, 0.5) is 4.79 Å². The number of likely N-dealkylation sites (tertiary alicyclic amines) is 1. The Kier molecular flexibility index (Phi) is 7.53. The maximum Gasteiger partial charge on any atom is 0.409 e. The van der Waals surface area contributed by atoms with Crippen molar-refractivity contribution in [3.05, 3.63) is 64.2 Å². The van der Waals surface area contributed by atoms with Gasteiger partial charge in [0.2, 0.25) is 6.04 Å². The van der Waals surface area contributed by atoms with E-state index in [0.717, 1.165) is 5.75 Å². The van der Waals surface area contributed by atoms with Crippen LogP contribution in [0.1, 0.15) is 17.9 Å². The van der Waals surface area contributed by atoms with Crippen molar-refractivity contribution in [1.82, 2.24) is 4.90 Å². The first-order valence-corrected chi connectivity index (χ1v) is 9.98. The fraction of sp³-hybridized carbons (Fsp3) is 0.409. The first-order chi connectivity index (χ1) is 15.0. The molecule has 1 saturated heterocycles. The van der Waals surface area contributed by atoms with E-state index in [1.807, 2.05) is 30.3 Å². The van der Waals surface area contributed by atoms with E-state index in [9.17, 15) is 14.9 Å². The Bertz CT molecular complexity index is 891. The Hall–Kier alpha value is -3.49. The number of benzene rings is 2. The summed E-state index contributed by atoms with van der Waals surface area (Å²) in [6, 6.07) is 13.8. The van der Waals surface area contributed by atoms with Gasteiger partial charge in [-0.25, -0.2) is 4.79 Å². The first-order valence-electron chi connectivity index (χ1n) is 9.98. The molecular weight excluding hydrogens is 404 g/mol. The SMILES string of the molecule is COC(=O)N1CC(c2ccc(OC)c(OCCCOc3ccccc3)c2)C([N+](=O)[O-])C1. The molecule has 1 amide bonds. The van der Waals surface area contributed by atoms with Crippen molar-refractivity contribution < 1.29 is 28.7 Å². The fourth-order valence-electron chi connectivity index (χ4n) is 3.59. The van der Waals surface area contributed by atoms with Crippen LogP contribution in [0.2, 0.25) is 0 Å². The molecule has 0 bridgehead atoms. The van der Waals surface area contributed by atoms with E-state index in [0.29, 0.717) is 36.7 Å². The van der Waals surface area contributed by atoms with E-state index in [1.165, 1.54) is 19.1 Å². The lowest BCUT2D eigenvalue weighted by Crippen LogP contribution is -2.31. The van der Waals surface area contributed by atoms with Crippen LogP contribution in [-0.2, 0) is 4.74 Å². The largest absolute Gasteiger partial charge is 0.493 e. The zero-order chi connectivity index (χ0) is 22.2. The van der Waals surface area contributed by atoms with Gasteiger partial charge in [-0.2, -0.15) is 0 Å². The second-order valence-corrected chi connectivity index (χ2v) is 7.11. The average molecular weight is 430 g/mol. The van der Waals surface area contributed by atoms with Crippen molar-refractivity contribution in [2.24, 2.45) is 0 Å². The molecule has 9 heteroatoms. The van der Waals surface area contributed by atoms with Crippen molar-refractivity contribution in [3.8, 4) is 17.2 Å². The number of carbonyl (C=O) groups excluding carboxylic acids is 1. The number of methoxy groups -OCH3 is 2. The van der Waals surface area contributed by atoms with Crippen molar-refractivity contribution in [2.45, 2.75) is 18.4 Å². The smallest absolute Gasteiger partial charge is 0.409 e. The third-order valence-electron chi connectivity index (χ3n) is 5.17. The van der Waals surface area contributed by atoms with Crippen molar-refractivity contribution in [1.29, 1.82) is 0 Å². The Labute approximate surface area is 180 Å². The molecule has 0 radical (unpaired) electrons. The van der Waals surface area contributed by atoms with Gasteiger partial charge >= 0.3 is 6.09 Å². The number of hydrogen-bond acceptors (Lipinski definition) is 7. The predicted molar refractivity (Wildman–Crippen MR) is 113 cm³/mol. The molecule has 0 aromatic heterocycles. The summed E-state index contributed by atoms with van der Waals surface area (Å²) in [5.41, 5.74) is 0.712. The number of amides is 1. The van der Waals surface area contributed by atoms with Gasteiger partial charge in [-0.15, -0.1) is 0 Å². The van der Waals surface area contributed by atoms with Crippen molar-refractivity contribution in [2.75, 3.05) is 40.5 Å². The lowest BCUT2D eigenvalue weighted by atomic mass is 9.94. The topological polar surface area (TPSA) is 100 Å². The number of ether oxygens (including phenoxy) is 4. The molecule has 166 valence electrons. The van der Waals surface area contributed by atoms with Gasteiger partial charge < -0.3 is 23.8 Å². The lowest BCUT2D eigenvalue weighted by Gasteiger charge is -2.17. The van der Waals surface area contributed by atoms with Crippen LogP contribution in [-0.4, -0.2) is 62.5 Å². The summed E-state index contributed by atoms with van der Waals surface area (Å²) < 4.78 is 21.6. The Morgan fingerprint density at radius 3 is 2.48 bits per heavy atom. The summed E-state index contributed by atoms with van der Waals surface area (Å²) in [5.74, 6) is 1.36. The molecular formula is C22H26N2O7. The van der Waals surface area contributed by atoms with Crippen LogP contribution in [0.15, 0.2) is 48.5 Å². The maximum atomic E-state index is 11.9. The molecule has 0 spiro atoms. The second-order valence-electron chi connectivity index (χ2n) is 7.11. The third kappa shape index (κ3) is 5.56. The highest BCUT2D eigenvalue weighted by Crippen LogP contribution is 2.36. The van der Waals surface area contributed by atoms with Gasteiger partial charge in [-0.1, -0.05) is 24.3 Å². The van der Waals surface area contributed by atoms with Crippen molar-refractivity contribution >= 4 is 6.09 Å². The molecule has 31 heavy (non-hydrogen) atoms. The van der Waals surface area contributed by atoms with Gasteiger partial charge in [0.15, 0.2) is 11.5 Å². The first kappa shape index (κ1) is 22.2. The molecule has 0 aliphatic carbocycles. The van der Waals surface area contributed by atoms with Gasteiger partial charge in [0.25, 0.3) is 0 Å². The number of hydrogen-bond donors (Lipinski definition) is 0. The van der Waals surface area contributed by atoms with Crippen LogP contribution >= 0.6 is 0 Å². The van der Waals surface area contributed by atoms with E-state index in [-0.39, 0.29) is 18.0 Å². The number of nitrogens with zero attached hydrogens (tertiary/aromatic N) is 2. The lowest BCUT2D eigenvalue weighted by molar-refractivity contribution is -0.520. The molecule has 3 rings (SSSR count). The molecule has 2 atom stereocenters. The summed E-state index contributed by atoms with van der Waals surface area (Å²) in [4.78, 5) is 24.4. The molecule has 1 fully saturated rings. The molecule has 9 nitrogen and oxygen atoms in total. The molecule has 0 N–H and O–H groups in total. The van der Waals surface area contributed by atoms with E-state index in [2.05, 4.69) is 0 Å². The van der Waals surface area contributed by atoms with Crippen LogP contribution < -0.4 is 14.2 Å². The summed E-state index contributed by atoms with van der Waals surface area (Å²) in [6.45, 7) is 1.09. The zero-order valence-corrected chi connectivity index (χ0v) is 17.6. The van der Waals surface area contributed by atoms with E-state index in [1.54, 1.807) is 18.2 Å². The quantitative estimate of drug-likeness (QED) is 0.342.